The second kappa shape index (κ2) is 6.18. The van der Waals surface area contributed by atoms with E-state index in [9.17, 15) is 4.39 Å². The fourth-order valence-corrected chi connectivity index (χ4v) is 2.28. The van der Waals surface area contributed by atoms with Gasteiger partial charge in [0.05, 0.1) is 5.69 Å². The monoisotopic (exact) mass is 275 g/mol. The molecular formula is C16H22FN3. The van der Waals surface area contributed by atoms with Crippen LogP contribution in [-0.2, 0) is 6.42 Å². The molecular weight excluding hydrogens is 253 g/mol. The lowest BCUT2D eigenvalue weighted by Gasteiger charge is -2.17. The van der Waals surface area contributed by atoms with Gasteiger partial charge in [0, 0.05) is 30.3 Å². The summed E-state index contributed by atoms with van der Waals surface area (Å²) < 4.78 is 15.9. The topological polar surface area (TPSA) is 29.9 Å². The highest BCUT2D eigenvalue weighted by atomic mass is 19.1. The van der Waals surface area contributed by atoms with E-state index < -0.39 is 0 Å². The zero-order valence-corrected chi connectivity index (χ0v) is 12.5. The van der Waals surface area contributed by atoms with Crippen molar-refractivity contribution in [3.05, 3.63) is 53.1 Å². The normalized spacial score (nSPS) is 12.9. The number of benzene rings is 1. The molecule has 1 heterocycles. The molecule has 2 aromatic rings. The minimum Gasteiger partial charge on any atom is -0.313 e. The minimum absolute atomic E-state index is 0.0644. The molecule has 20 heavy (non-hydrogen) atoms. The van der Waals surface area contributed by atoms with Crippen molar-refractivity contribution in [3.63, 3.8) is 0 Å². The third-order valence-electron chi connectivity index (χ3n) is 3.48. The zero-order valence-electron chi connectivity index (χ0n) is 12.5. The average molecular weight is 275 g/mol. The van der Waals surface area contributed by atoms with E-state index in [1.807, 2.05) is 37.0 Å². The van der Waals surface area contributed by atoms with Gasteiger partial charge in [-0.2, -0.15) is 5.10 Å². The van der Waals surface area contributed by atoms with Crippen LogP contribution in [0.5, 0.6) is 0 Å². The number of nitrogens with one attached hydrogen (secondary N) is 1. The van der Waals surface area contributed by atoms with E-state index in [4.69, 9.17) is 0 Å². The van der Waals surface area contributed by atoms with Gasteiger partial charge in [0.25, 0.3) is 0 Å². The van der Waals surface area contributed by atoms with Crippen LogP contribution in [0.1, 0.15) is 42.8 Å². The third kappa shape index (κ3) is 3.25. The number of aromatic nitrogens is 2. The smallest absolute Gasteiger partial charge is 0.128 e. The van der Waals surface area contributed by atoms with Crippen LogP contribution in [0.15, 0.2) is 30.5 Å². The molecule has 0 fully saturated rings. The maximum Gasteiger partial charge on any atom is 0.128 e. The van der Waals surface area contributed by atoms with Crippen LogP contribution in [0.3, 0.4) is 0 Å². The number of likely N-dealkylation sites (N-methyl/N-ethyl adjacent to an activating group) is 1. The summed E-state index contributed by atoms with van der Waals surface area (Å²) in [6.45, 7) is 6.16. The first-order valence-corrected chi connectivity index (χ1v) is 6.98. The van der Waals surface area contributed by atoms with Crippen LogP contribution in [0.2, 0.25) is 0 Å². The molecule has 0 spiro atoms. The van der Waals surface area contributed by atoms with Gasteiger partial charge >= 0.3 is 0 Å². The molecule has 4 heteroatoms. The summed E-state index contributed by atoms with van der Waals surface area (Å²) in [5.41, 5.74) is 2.74. The van der Waals surface area contributed by atoms with Gasteiger partial charge in [-0.05, 0) is 40.0 Å². The Morgan fingerprint density at radius 2 is 2.05 bits per heavy atom. The average Bonchev–Trinajstić information content (AvgIpc) is 2.88. The van der Waals surface area contributed by atoms with Gasteiger partial charge in [-0.3, -0.25) is 4.68 Å². The predicted octanol–water partition coefficient (Wildman–Crippen LogP) is 3.41. The fourth-order valence-electron chi connectivity index (χ4n) is 2.28. The van der Waals surface area contributed by atoms with Crippen molar-refractivity contribution in [2.45, 2.75) is 39.3 Å². The molecule has 0 saturated heterocycles. The number of nitrogens with zero attached hydrogens (tertiary/aromatic N) is 2. The van der Waals surface area contributed by atoms with Gasteiger partial charge in [-0.1, -0.05) is 17.7 Å². The van der Waals surface area contributed by atoms with Crippen LogP contribution in [0.25, 0.3) is 0 Å². The van der Waals surface area contributed by atoms with E-state index in [2.05, 4.69) is 24.3 Å². The summed E-state index contributed by atoms with van der Waals surface area (Å²) in [7, 11) is 1.85. The molecule has 1 N–H and O–H groups in total. The first-order chi connectivity index (χ1) is 9.51. The fraction of sp³-hybridized carbons (Fsp3) is 0.438. The molecule has 0 aliphatic heterocycles. The Bertz CT molecular complexity index is 575. The quantitative estimate of drug-likeness (QED) is 0.906. The lowest BCUT2D eigenvalue weighted by Crippen LogP contribution is -2.20. The molecule has 0 amide bonds. The Labute approximate surface area is 119 Å². The molecule has 0 bridgehead atoms. The van der Waals surface area contributed by atoms with Crippen LogP contribution < -0.4 is 5.32 Å². The van der Waals surface area contributed by atoms with Gasteiger partial charge in [0.1, 0.15) is 5.82 Å². The van der Waals surface area contributed by atoms with Gasteiger partial charge in [-0.25, -0.2) is 4.39 Å². The highest BCUT2D eigenvalue weighted by Crippen LogP contribution is 2.22. The van der Waals surface area contributed by atoms with Gasteiger partial charge in [0.2, 0.25) is 0 Å². The number of halogens is 1. The summed E-state index contributed by atoms with van der Waals surface area (Å²) in [4.78, 5) is 0. The van der Waals surface area contributed by atoms with E-state index >= 15 is 0 Å². The molecule has 1 aromatic heterocycles. The van der Waals surface area contributed by atoms with Crippen molar-refractivity contribution in [2.75, 3.05) is 7.05 Å². The lowest BCUT2D eigenvalue weighted by molar-refractivity contribution is 0.504. The maximum absolute atomic E-state index is 14.0. The Hall–Kier alpha value is -1.68. The Kier molecular flexibility index (Phi) is 4.55. The number of hydrogen-bond acceptors (Lipinski definition) is 2. The number of rotatable bonds is 5. The molecule has 3 nitrogen and oxygen atoms in total. The van der Waals surface area contributed by atoms with Crippen LogP contribution in [0, 0.1) is 12.7 Å². The SMILES string of the molecule is CNC(Cc1ccn(C(C)C)n1)c1cc(C)ccc1F. The van der Waals surface area contributed by atoms with Crippen LogP contribution in [0.4, 0.5) is 4.39 Å². The molecule has 108 valence electrons. The summed E-state index contributed by atoms with van der Waals surface area (Å²) in [6, 6.07) is 7.49. The van der Waals surface area contributed by atoms with E-state index in [-0.39, 0.29) is 11.9 Å². The van der Waals surface area contributed by atoms with Crippen molar-refractivity contribution in [1.82, 2.24) is 15.1 Å². The summed E-state index contributed by atoms with van der Waals surface area (Å²) >= 11 is 0. The van der Waals surface area contributed by atoms with E-state index in [0.29, 0.717) is 18.0 Å². The third-order valence-corrected chi connectivity index (χ3v) is 3.48. The first kappa shape index (κ1) is 14.7. The second-order valence-electron chi connectivity index (χ2n) is 5.45. The molecule has 0 aliphatic rings. The first-order valence-electron chi connectivity index (χ1n) is 6.98. The van der Waals surface area contributed by atoms with Crippen LogP contribution >= 0.6 is 0 Å². The molecule has 1 unspecified atom stereocenters. The molecule has 2 rings (SSSR count). The van der Waals surface area contributed by atoms with Crippen molar-refractivity contribution in [3.8, 4) is 0 Å². The van der Waals surface area contributed by atoms with Crippen LogP contribution in [-0.4, -0.2) is 16.8 Å². The zero-order chi connectivity index (χ0) is 14.7. The van der Waals surface area contributed by atoms with Crippen molar-refractivity contribution >= 4 is 0 Å². The van der Waals surface area contributed by atoms with Crippen molar-refractivity contribution < 1.29 is 4.39 Å². The Morgan fingerprint density at radius 1 is 1.30 bits per heavy atom. The summed E-state index contributed by atoms with van der Waals surface area (Å²) in [6.07, 6.45) is 2.65. The number of aryl methyl sites for hydroxylation is 1. The molecule has 1 aromatic carbocycles. The van der Waals surface area contributed by atoms with Crippen molar-refractivity contribution in [2.24, 2.45) is 0 Å². The standard InChI is InChI=1S/C16H22FN3/c1-11(2)20-8-7-13(19-20)10-16(18-4)14-9-12(3)5-6-15(14)17/h5-9,11,16,18H,10H2,1-4H3. The largest absolute Gasteiger partial charge is 0.313 e. The Morgan fingerprint density at radius 3 is 2.65 bits per heavy atom. The molecule has 0 saturated carbocycles. The van der Waals surface area contributed by atoms with E-state index in [1.165, 1.54) is 6.07 Å². The summed E-state index contributed by atoms with van der Waals surface area (Å²) in [5.74, 6) is -0.168. The van der Waals surface area contributed by atoms with Gasteiger partial charge in [-0.15, -0.1) is 0 Å². The number of hydrogen-bond donors (Lipinski definition) is 1. The van der Waals surface area contributed by atoms with E-state index in [0.717, 1.165) is 11.3 Å². The molecule has 1 atom stereocenters. The highest BCUT2D eigenvalue weighted by molar-refractivity contribution is 5.28. The molecule has 0 aliphatic carbocycles. The highest BCUT2D eigenvalue weighted by Gasteiger charge is 2.16. The van der Waals surface area contributed by atoms with Crippen molar-refractivity contribution in [1.29, 1.82) is 0 Å². The van der Waals surface area contributed by atoms with Gasteiger partial charge in [0.15, 0.2) is 0 Å². The minimum atomic E-state index is -0.168. The van der Waals surface area contributed by atoms with Gasteiger partial charge < -0.3 is 5.32 Å². The van der Waals surface area contributed by atoms with E-state index in [1.54, 1.807) is 6.07 Å². The lowest BCUT2D eigenvalue weighted by atomic mass is 10.00. The predicted molar refractivity (Wildman–Crippen MR) is 79.3 cm³/mol. The Balaban J connectivity index is 2.21. The summed E-state index contributed by atoms with van der Waals surface area (Å²) in [5, 5.41) is 7.71. The molecule has 0 radical (unpaired) electrons. The second-order valence-corrected chi connectivity index (χ2v) is 5.45. The maximum atomic E-state index is 14.0.